The fourth-order valence-corrected chi connectivity index (χ4v) is 0.986. The van der Waals surface area contributed by atoms with Crippen molar-refractivity contribution in [1.29, 1.82) is 0 Å². The maximum absolute atomic E-state index is 10.4. The number of rotatable bonds is 3. The van der Waals surface area contributed by atoms with E-state index in [1.807, 2.05) is 30.3 Å². The first-order valence-electron chi connectivity index (χ1n) is 3.80. The zero-order chi connectivity index (χ0) is 8.97. The van der Waals surface area contributed by atoms with E-state index in [2.05, 4.69) is 5.73 Å². The van der Waals surface area contributed by atoms with E-state index in [4.69, 9.17) is 5.11 Å². The average molecular weight is 246 g/mol. The molecule has 0 aliphatic carbocycles. The van der Waals surface area contributed by atoms with Gasteiger partial charge in [0.05, 0.1) is 0 Å². The number of benzene rings is 1. The van der Waals surface area contributed by atoms with Crippen molar-refractivity contribution in [2.45, 2.75) is 12.5 Å². The van der Waals surface area contributed by atoms with Crippen LogP contribution in [-0.2, 0) is 11.2 Å². The molecule has 0 aromatic heterocycles. The van der Waals surface area contributed by atoms with Crippen molar-refractivity contribution in [3.05, 3.63) is 35.9 Å². The normalized spacial score (nSPS) is 11.5. The summed E-state index contributed by atoms with van der Waals surface area (Å²) in [5.74, 6) is -0.848. The quantitative estimate of drug-likeness (QED) is 0.594. The molecular formula is C9H12BrNO2. The monoisotopic (exact) mass is 245 g/mol. The molecule has 0 saturated carbocycles. The molecule has 0 amide bonds. The third-order valence-electron chi connectivity index (χ3n) is 1.67. The minimum absolute atomic E-state index is 0. The minimum atomic E-state index is -0.848. The number of quaternary nitrogens is 1. The lowest BCUT2D eigenvalue weighted by molar-refractivity contribution is -0.407. The predicted octanol–water partition coefficient (Wildman–Crippen LogP) is -3.07. The maximum Gasteiger partial charge on any atom is 0.362 e. The SMILES string of the molecule is [Br-].[NH3+][C@H](Cc1ccccc1)C(=O)O. The number of hydrogen-bond acceptors (Lipinski definition) is 1. The fourth-order valence-electron chi connectivity index (χ4n) is 0.986. The van der Waals surface area contributed by atoms with Gasteiger partial charge in [-0.05, 0) is 5.56 Å². The summed E-state index contributed by atoms with van der Waals surface area (Å²) >= 11 is 0. The summed E-state index contributed by atoms with van der Waals surface area (Å²) in [4.78, 5) is 10.4. The Morgan fingerprint density at radius 3 is 2.38 bits per heavy atom. The van der Waals surface area contributed by atoms with Crippen LogP contribution in [0.3, 0.4) is 0 Å². The van der Waals surface area contributed by atoms with Gasteiger partial charge in [0.2, 0.25) is 0 Å². The topological polar surface area (TPSA) is 64.9 Å². The van der Waals surface area contributed by atoms with Gasteiger partial charge in [-0.25, -0.2) is 4.79 Å². The highest BCUT2D eigenvalue weighted by atomic mass is 79.9. The highest BCUT2D eigenvalue weighted by Crippen LogP contribution is 2.00. The summed E-state index contributed by atoms with van der Waals surface area (Å²) < 4.78 is 0. The van der Waals surface area contributed by atoms with Crippen molar-refractivity contribution < 1.29 is 32.6 Å². The van der Waals surface area contributed by atoms with Crippen molar-refractivity contribution in [2.75, 3.05) is 0 Å². The molecular weight excluding hydrogens is 234 g/mol. The van der Waals surface area contributed by atoms with E-state index in [0.717, 1.165) is 5.56 Å². The van der Waals surface area contributed by atoms with Crippen LogP contribution in [-0.4, -0.2) is 17.1 Å². The molecule has 0 saturated heterocycles. The number of aliphatic carboxylic acids is 1. The molecule has 0 aliphatic rings. The van der Waals surface area contributed by atoms with Crippen LogP contribution in [0.25, 0.3) is 0 Å². The Bertz CT molecular complexity index is 264. The van der Waals surface area contributed by atoms with Crippen LogP contribution in [0.1, 0.15) is 5.56 Å². The summed E-state index contributed by atoms with van der Waals surface area (Å²) in [6.07, 6.45) is 0.496. The van der Waals surface area contributed by atoms with Gasteiger partial charge in [0.15, 0.2) is 6.04 Å². The van der Waals surface area contributed by atoms with Gasteiger partial charge in [-0.2, -0.15) is 0 Å². The molecule has 1 atom stereocenters. The molecule has 0 unspecified atom stereocenters. The average Bonchev–Trinajstić information content (AvgIpc) is 2.06. The summed E-state index contributed by atoms with van der Waals surface area (Å²) in [7, 11) is 0. The summed E-state index contributed by atoms with van der Waals surface area (Å²) in [6.45, 7) is 0. The van der Waals surface area contributed by atoms with Crippen molar-refractivity contribution >= 4 is 5.97 Å². The van der Waals surface area contributed by atoms with E-state index >= 15 is 0 Å². The summed E-state index contributed by atoms with van der Waals surface area (Å²) in [5, 5.41) is 8.58. The summed E-state index contributed by atoms with van der Waals surface area (Å²) in [6, 6.07) is 8.95. The second-order valence-corrected chi connectivity index (χ2v) is 2.72. The van der Waals surface area contributed by atoms with E-state index in [1.165, 1.54) is 0 Å². The highest BCUT2D eigenvalue weighted by molar-refractivity contribution is 5.71. The zero-order valence-electron chi connectivity index (χ0n) is 7.11. The van der Waals surface area contributed by atoms with Crippen LogP contribution in [0.15, 0.2) is 30.3 Å². The lowest BCUT2D eigenvalue weighted by Crippen LogP contribution is -3.00. The van der Waals surface area contributed by atoms with Gasteiger partial charge in [-0.1, -0.05) is 30.3 Å². The van der Waals surface area contributed by atoms with Gasteiger partial charge in [-0.3, -0.25) is 0 Å². The van der Waals surface area contributed by atoms with Gasteiger partial charge in [0.1, 0.15) is 0 Å². The van der Waals surface area contributed by atoms with E-state index in [9.17, 15) is 4.79 Å². The van der Waals surface area contributed by atoms with Crippen LogP contribution in [0, 0.1) is 0 Å². The predicted molar refractivity (Wildman–Crippen MR) is 44.5 cm³/mol. The Balaban J connectivity index is 0.00000144. The number of carbonyl (C=O) groups is 1. The maximum atomic E-state index is 10.4. The third kappa shape index (κ3) is 4.05. The molecule has 1 aromatic rings. The molecule has 3 nitrogen and oxygen atoms in total. The molecule has 4 heteroatoms. The van der Waals surface area contributed by atoms with Crippen molar-refractivity contribution in [1.82, 2.24) is 0 Å². The van der Waals surface area contributed by atoms with Crippen molar-refractivity contribution in [3.8, 4) is 0 Å². The Morgan fingerprint density at radius 2 is 1.92 bits per heavy atom. The van der Waals surface area contributed by atoms with Gasteiger partial charge in [0, 0.05) is 6.42 Å². The Morgan fingerprint density at radius 1 is 1.38 bits per heavy atom. The van der Waals surface area contributed by atoms with Crippen LogP contribution in [0.5, 0.6) is 0 Å². The Labute approximate surface area is 87.3 Å². The fraction of sp³-hybridized carbons (Fsp3) is 0.222. The van der Waals surface area contributed by atoms with E-state index in [-0.39, 0.29) is 17.0 Å². The molecule has 0 heterocycles. The second-order valence-electron chi connectivity index (χ2n) is 2.72. The van der Waals surface area contributed by atoms with E-state index < -0.39 is 12.0 Å². The molecule has 0 aliphatic heterocycles. The largest absolute Gasteiger partial charge is 1.00 e. The van der Waals surface area contributed by atoms with Crippen molar-refractivity contribution in [3.63, 3.8) is 0 Å². The number of hydrogen-bond donors (Lipinski definition) is 2. The van der Waals surface area contributed by atoms with Crippen LogP contribution >= 0.6 is 0 Å². The first-order valence-corrected chi connectivity index (χ1v) is 3.80. The smallest absolute Gasteiger partial charge is 0.362 e. The molecule has 1 aromatic carbocycles. The molecule has 1 rings (SSSR count). The van der Waals surface area contributed by atoms with Gasteiger partial charge >= 0.3 is 5.97 Å². The van der Waals surface area contributed by atoms with E-state index in [0.29, 0.717) is 6.42 Å². The number of carboxylic acid groups (broad SMARTS) is 1. The molecule has 0 spiro atoms. The van der Waals surface area contributed by atoms with Crippen LogP contribution < -0.4 is 22.7 Å². The van der Waals surface area contributed by atoms with Gasteiger partial charge in [-0.15, -0.1) is 0 Å². The molecule has 0 fully saturated rings. The lowest BCUT2D eigenvalue weighted by atomic mass is 10.1. The standard InChI is InChI=1S/C9H11NO2.BrH/c10-8(9(11)12)6-7-4-2-1-3-5-7;/h1-5,8H,6,10H2,(H,11,12);1H/t8-;/m1./s1. The molecule has 0 bridgehead atoms. The second kappa shape index (κ2) is 5.72. The Kier molecular flexibility index (Phi) is 5.34. The van der Waals surface area contributed by atoms with Crippen LogP contribution in [0.4, 0.5) is 0 Å². The van der Waals surface area contributed by atoms with Gasteiger partial charge in [0.25, 0.3) is 0 Å². The third-order valence-corrected chi connectivity index (χ3v) is 1.67. The number of carboxylic acids is 1. The number of halogens is 1. The van der Waals surface area contributed by atoms with Crippen molar-refractivity contribution in [2.24, 2.45) is 0 Å². The first-order chi connectivity index (χ1) is 5.70. The lowest BCUT2D eigenvalue weighted by Gasteiger charge is -2.02. The zero-order valence-corrected chi connectivity index (χ0v) is 8.70. The summed E-state index contributed by atoms with van der Waals surface area (Å²) in [5.41, 5.74) is 4.55. The molecule has 4 N–H and O–H groups in total. The minimum Gasteiger partial charge on any atom is -1.00 e. The van der Waals surface area contributed by atoms with Gasteiger partial charge < -0.3 is 27.8 Å². The Hall–Kier alpha value is -0.870. The van der Waals surface area contributed by atoms with Crippen LogP contribution in [0.2, 0.25) is 0 Å². The first kappa shape index (κ1) is 12.1. The molecule has 72 valence electrons. The molecule has 13 heavy (non-hydrogen) atoms. The van der Waals surface area contributed by atoms with E-state index in [1.54, 1.807) is 0 Å². The molecule has 0 radical (unpaired) electrons. The highest BCUT2D eigenvalue weighted by Gasteiger charge is 2.15.